The van der Waals surface area contributed by atoms with Gasteiger partial charge in [-0.05, 0) is 30.7 Å². The molecular weight excluding hydrogens is 344 g/mol. The van der Waals surface area contributed by atoms with Crippen LogP contribution in [0.2, 0.25) is 0 Å². The predicted octanol–water partition coefficient (Wildman–Crippen LogP) is 2.10. The van der Waals surface area contributed by atoms with E-state index in [2.05, 4.69) is 4.74 Å². The first-order valence-corrected chi connectivity index (χ1v) is 7.34. The van der Waals surface area contributed by atoms with Gasteiger partial charge in [0.25, 0.3) is 0 Å². The van der Waals surface area contributed by atoms with Crippen LogP contribution >= 0.6 is 0 Å². The lowest BCUT2D eigenvalue weighted by Gasteiger charge is -2.24. The lowest BCUT2D eigenvalue weighted by Crippen LogP contribution is -2.27. The number of phenolic OH excluding ortho intramolecular Hbond substituents is 1. The number of methoxy groups -OCH3 is 2. The van der Waals surface area contributed by atoms with E-state index in [0.717, 1.165) is 19.1 Å². The van der Waals surface area contributed by atoms with Crippen LogP contribution < -0.4 is 4.90 Å². The second-order valence-electron chi connectivity index (χ2n) is 5.22. The standard InChI is InChI=1S/C17H16N2O7/c1-10-8-12(15(20)13(9-10)19(23)24)18-7-5-4-6-11(16(21)25-2)14(18)17(22)26-3/h4-9,20H,1-3H3. The topological polar surface area (TPSA) is 119 Å². The van der Waals surface area contributed by atoms with E-state index in [1.807, 2.05) is 0 Å². The van der Waals surface area contributed by atoms with Crippen molar-refractivity contribution in [2.24, 2.45) is 0 Å². The summed E-state index contributed by atoms with van der Waals surface area (Å²) in [5, 5.41) is 21.5. The molecule has 0 saturated carbocycles. The molecule has 26 heavy (non-hydrogen) atoms. The molecule has 1 aromatic carbocycles. The first-order valence-electron chi connectivity index (χ1n) is 7.34. The first kappa shape index (κ1) is 18.7. The van der Waals surface area contributed by atoms with Crippen molar-refractivity contribution in [1.82, 2.24) is 0 Å². The molecule has 0 unspecified atom stereocenters. The van der Waals surface area contributed by atoms with Gasteiger partial charge in [0.2, 0.25) is 5.75 Å². The number of allylic oxidation sites excluding steroid dienone is 2. The Morgan fingerprint density at radius 3 is 2.38 bits per heavy atom. The number of aromatic hydroxyl groups is 1. The highest BCUT2D eigenvalue weighted by Crippen LogP contribution is 2.40. The molecule has 0 radical (unpaired) electrons. The van der Waals surface area contributed by atoms with Crippen LogP contribution in [-0.4, -0.2) is 36.2 Å². The summed E-state index contributed by atoms with van der Waals surface area (Å²) in [5.41, 5.74) is -0.501. The number of nitro benzene ring substituents is 1. The minimum atomic E-state index is -0.884. The van der Waals surface area contributed by atoms with Gasteiger partial charge in [0, 0.05) is 12.3 Å². The van der Waals surface area contributed by atoms with Crippen LogP contribution in [0.3, 0.4) is 0 Å². The monoisotopic (exact) mass is 360 g/mol. The molecule has 0 spiro atoms. The van der Waals surface area contributed by atoms with Crippen molar-refractivity contribution < 1.29 is 29.1 Å². The van der Waals surface area contributed by atoms with E-state index < -0.39 is 28.3 Å². The number of phenols is 1. The highest BCUT2D eigenvalue weighted by Gasteiger charge is 2.31. The van der Waals surface area contributed by atoms with Crippen molar-refractivity contribution in [3.05, 3.63) is 63.5 Å². The Morgan fingerprint density at radius 1 is 1.15 bits per heavy atom. The normalized spacial score (nSPS) is 13.4. The fourth-order valence-corrected chi connectivity index (χ4v) is 2.41. The number of anilines is 1. The van der Waals surface area contributed by atoms with Gasteiger partial charge >= 0.3 is 17.6 Å². The zero-order chi connectivity index (χ0) is 19.4. The number of carbonyl (C=O) groups is 2. The zero-order valence-corrected chi connectivity index (χ0v) is 14.3. The van der Waals surface area contributed by atoms with Gasteiger partial charge < -0.3 is 19.5 Å². The Bertz CT molecular complexity index is 868. The molecule has 1 aliphatic rings. The number of nitrogens with zero attached hydrogens (tertiary/aromatic N) is 2. The molecule has 0 saturated heterocycles. The van der Waals surface area contributed by atoms with E-state index in [1.54, 1.807) is 6.92 Å². The van der Waals surface area contributed by atoms with Gasteiger partial charge in [-0.1, -0.05) is 6.08 Å². The third-order valence-electron chi connectivity index (χ3n) is 3.56. The Balaban J connectivity index is 2.80. The third-order valence-corrected chi connectivity index (χ3v) is 3.56. The fourth-order valence-electron chi connectivity index (χ4n) is 2.41. The molecule has 0 aromatic heterocycles. The molecule has 0 bridgehead atoms. The summed E-state index contributed by atoms with van der Waals surface area (Å²) in [6, 6.07) is 2.64. The summed E-state index contributed by atoms with van der Waals surface area (Å²) in [4.78, 5) is 36.0. The molecule has 1 aliphatic heterocycles. The molecule has 0 aliphatic carbocycles. The number of benzene rings is 1. The summed E-state index contributed by atoms with van der Waals surface area (Å²) in [6.45, 7) is 1.60. The quantitative estimate of drug-likeness (QED) is 0.492. The van der Waals surface area contributed by atoms with Crippen molar-refractivity contribution in [3.63, 3.8) is 0 Å². The minimum Gasteiger partial charge on any atom is -0.501 e. The third kappa shape index (κ3) is 3.41. The van der Waals surface area contributed by atoms with Crippen LogP contribution in [0.25, 0.3) is 0 Å². The summed E-state index contributed by atoms with van der Waals surface area (Å²) in [6.07, 6.45) is 5.69. The summed E-state index contributed by atoms with van der Waals surface area (Å²) >= 11 is 0. The Morgan fingerprint density at radius 2 is 1.81 bits per heavy atom. The van der Waals surface area contributed by atoms with Gasteiger partial charge in [0.1, 0.15) is 5.70 Å². The van der Waals surface area contributed by atoms with E-state index >= 15 is 0 Å². The largest absolute Gasteiger partial charge is 0.501 e. The number of carbonyl (C=O) groups excluding carboxylic acids is 2. The average molecular weight is 360 g/mol. The number of ether oxygens (including phenoxy) is 2. The van der Waals surface area contributed by atoms with Crippen molar-refractivity contribution in [3.8, 4) is 5.75 Å². The van der Waals surface area contributed by atoms with Crippen molar-refractivity contribution in [2.75, 3.05) is 19.1 Å². The zero-order valence-electron chi connectivity index (χ0n) is 14.3. The van der Waals surface area contributed by atoms with Gasteiger partial charge in [-0.25, -0.2) is 9.59 Å². The highest BCUT2D eigenvalue weighted by atomic mass is 16.6. The molecule has 9 heteroatoms. The minimum absolute atomic E-state index is 0.0570. The van der Waals surface area contributed by atoms with Gasteiger partial charge in [0.15, 0.2) is 0 Å². The number of nitro groups is 1. The van der Waals surface area contributed by atoms with Gasteiger partial charge in [-0.2, -0.15) is 0 Å². The van der Waals surface area contributed by atoms with Crippen LogP contribution in [0.5, 0.6) is 5.75 Å². The van der Waals surface area contributed by atoms with Crippen LogP contribution in [0, 0.1) is 17.0 Å². The lowest BCUT2D eigenvalue weighted by atomic mass is 10.1. The molecule has 0 fully saturated rings. The molecule has 9 nitrogen and oxygen atoms in total. The van der Waals surface area contributed by atoms with Crippen molar-refractivity contribution in [1.29, 1.82) is 0 Å². The molecule has 2 rings (SSSR count). The molecule has 0 amide bonds. The molecular formula is C17H16N2O7. The van der Waals surface area contributed by atoms with Gasteiger partial charge in [-0.15, -0.1) is 0 Å². The van der Waals surface area contributed by atoms with Crippen molar-refractivity contribution >= 4 is 23.3 Å². The van der Waals surface area contributed by atoms with E-state index in [-0.39, 0.29) is 17.0 Å². The van der Waals surface area contributed by atoms with Crippen LogP contribution in [-0.2, 0) is 19.1 Å². The second kappa shape index (κ2) is 7.51. The van der Waals surface area contributed by atoms with E-state index in [9.17, 15) is 24.8 Å². The van der Waals surface area contributed by atoms with Crippen LogP contribution in [0.1, 0.15) is 5.56 Å². The number of rotatable bonds is 4. The first-order chi connectivity index (χ1) is 12.3. The van der Waals surface area contributed by atoms with E-state index in [1.165, 1.54) is 36.6 Å². The Hall–Kier alpha value is -3.62. The number of esters is 2. The number of aryl methyl sites for hydroxylation is 1. The van der Waals surface area contributed by atoms with E-state index in [0.29, 0.717) is 5.56 Å². The SMILES string of the molecule is COC(=O)C1=C(C(=O)OC)N(c2cc(C)cc([N+](=O)[O-])c2O)C=CC=C1. The van der Waals surface area contributed by atoms with Crippen LogP contribution in [0.4, 0.5) is 11.4 Å². The number of hydrogen-bond acceptors (Lipinski definition) is 8. The smallest absolute Gasteiger partial charge is 0.355 e. The van der Waals surface area contributed by atoms with Gasteiger partial charge in [0.05, 0.1) is 30.4 Å². The van der Waals surface area contributed by atoms with E-state index in [4.69, 9.17) is 4.74 Å². The number of hydrogen-bond donors (Lipinski definition) is 1. The Kier molecular flexibility index (Phi) is 5.41. The van der Waals surface area contributed by atoms with Gasteiger partial charge in [-0.3, -0.25) is 10.1 Å². The summed E-state index contributed by atoms with van der Waals surface area (Å²) in [7, 11) is 2.27. The molecule has 1 aromatic rings. The lowest BCUT2D eigenvalue weighted by molar-refractivity contribution is -0.385. The second-order valence-corrected chi connectivity index (χ2v) is 5.22. The Labute approximate surface area is 148 Å². The maximum atomic E-state index is 12.3. The maximum Gasteiger partial charge on any atom is 0.355 e. The molecule has 0 atom stereocenters. The summed E-state index contributed by atoms with van der Waals surface area (Å²) < 4.78 is 9.43. The van der Waals surface area contributed by atoms with Crippen LogP contribution in [0.15, 0.2) is 47.8 Å². The molecule has 136 valence electrons. The predicted molar refractivity (Wildman–Crippen MR) is 91.3 cm³/mol. The van der Waals surface area contributed by atoms with Crippen molar-refractivity contribution in [2.45, 2.75) is 6.92 Å². The molecule has 1 N–H and O–H groups in total. The fraction of sp³-hybridized carbons (Fsp3) is 0.176. The highest BCUT2D eigenvalue weighted by molar-refractivity contribution is 6.05. The average Bonchev–Trinajstić information content (AvgIpc) is 2.84. The maximum absolute atomic E-state index is 12.3. The molecule has 1 heterocycles. The summed E-state index contributed by atoms with van der Waals surface area (Å²) in [5.74, 6) is -2.35.